The van der Waals surface area contributed by atoms with Crippen LogP contribution in [0.4, 0.5) is 0 Å². The van der Waals surface area contributed by atoms with E-state index in [1.165, 1.54) is 5.57 Å². The van der Waals surface area contributed by atoms with Crippen molar-refractivity contribution >= 4 is 6.08 Å². The van der Waals surface area contributed by atoms with Crippen LogP contribution >= 0.6 is 0 Å². The van der Waals surface area contributed by atoms with Crippen molar-refractivity contribution in [3.63, 3.8) is 0 Å². The van der Waals surface area contributed by atoms with Crippen LogP contribution in [0, 0.1) is 0 Å². The fourth-order valence-electron chi connectivity index (χ4n) is 1.42. The third-order valence-electron chi connectivity index (χ3n) is 2.50. The summed E-state index contributed by atoms with van der Waals surface area (Å²) < 4.78 is 7.00. The Morgan fingerprint density at radius 1 is 1.62 bits per heavy atom. The minimum absolute atomic E-state index is 0.753. The maximum atomic E-state index is 4.99. The first-order valence-corrected chi connectivity index (χ1v) is 5.63. The largest absolute Gasteiger partial charge is 0.383 e. The molecule has 4 heteroatoms. The first-order chi connectivity index (χ1) is 7.77. The molecular weight excluding hydrogens is 202 g/mol. The average molecular weight is 223 g/mol. The van der Waals surface area contributed by atoms with Gasteiger partial charge in [0.05, 0.1) is 24.8 Å². The molecule has 1 aromatic heterocycles. The van der Waals surface area contributed by atoms with Crippen molar-refractivity contribution in [2.24, 2.45) is 7.05 Å². The Hall–Kier alpha value is -1.13. The van der Waals surface area contributed by atoms with Gasteiger partial charge in [0.1, 0.15) is 0 Å². The maximum absolute atomic E-state index is 4.99. The van der Waals surface area contributed by atoms with Crippen LogP contribution < -0.4 is 5.32 Å². The molecule has 0 spiro atoms. The van der Waals surface area contributed by atoms with E-state index in [1.54, 1.807) is 7.11 Å². The molecule has 0 amide bonds. The number of aryl methyl sites for hydroxylation is 1. The summed E-state index contributed by atoms with van der Waals surface area (Å²) >= 11 is 0. The van der Waals surface area contributed by atoms with Crippen LogP contribution in [0.2, 0.25) is 0 Å². The Bertz CT molecular complexity index is 331. The molecule has 0 aliphatic carbocycles. The monoisotopic (exact) mass is 223 g/mol. The second-order valence-electron chi connectivity index (χ2n) is 3.76. The van der Waals surface area contributed by atoms with Gasteiger partial charge < -0.3 is 14.6 Å². The fraction of sp³-hybridized carbons (Fsp3) is 0.583. The normalized spacial score (nSPS) is 12.1. The van der Waals surface area contributed by atoms with Gasteiger partial charge in [0.15, 0.2) is 0 Å². The van der Waals surface area contributed by atoms with Gasteiger partial charge in [-0.25, -0.2) is 4.98 Å². The second kappa shape index (κ2) is 7.19. The van der Waals surface area contributed by atoms with Crippen molar-refractivity contribution in [3.05, 3.63) is 23.8 Å². The van der Waals surface area contributed by atoms with Gasteiger partial charge in [-0.2, -0.15) is 0 Å². The van der Waals surface area contributed by atoms with E-state index in [9.17, 15) is 0 Å². The summed E-state index contributed by atoms with van der Waals surface area (Å²) in [6.45, 7) is 4.72. The summed E-state index contributed by atoms with van der Waals surface area (Å²) in [7, 11) is 3.72. The minimum Gasteiger partial charge on any atom is -0.383 e. The number of nitrogens with zero attached hydrogens (tertiary/aromatic N) is 2. The van der Waals surface area contributed by atoms with Crippen molar-refractivity contribution in [1.82, 2.24) is 14.9 Å². The zero-order valence-corrected chi connectivity index (χ0v) is 10.4. The molecule has 90 valence electrons. The van der Waals surface area contributed by atoms with Gasteiger partial charge in [-0.05, 0) is 12.5 Å². The lowest BCUT2D eigenvalue weighted by molar-refractivity contribution is 0.200. The first-order valence-electron chi connectivity index (χ1n) is 5.63. The highest BCUT2D eigenvalue weighted by Gasteiger charge is 1.98. The lowest BCUT2D eigenvalue weighted by Crippen LogP contribution is -2.21. The number of imidazole rings is 1. The van der Waals surface area contributed by atoms with E-state index in [4.69, 9.17) is 4.74 Å². The molecule has 4 nitrogen and oxygen atoms in total. The van der Waals surface area contributed by atoms with E-state index in [0.717, 1.165) is 31.8 Å². The molecule has 0 aliphatic rings. The van der Waals surface area contributed by atoms with Crippen LogP contribution in [0.1, 0.15) is 19.0 Å². The molecule has 0 saturated carbocycles. The summed E-state index contributed by atoms with van der Waals surface area (Å²) in [6, 6.07) is 0. The highest BCUT2D eigenvalue weighted by molar-refractivity contribution is 5.48. The van der Waals surface area contributed by atoms with Crippen LogP contribution in [0.5, 0.6) is 0 Å². The van der Waals surface area contributed by atoms with E-state index in [-0.39, 0.29) is 0 Å². The van der Waals surface area contributed by atoms with E-state index in [1.807, 2.05) is 24.1 Å². The maximum Gasteiger partial charge on any atom is 0.0948 e. The molecule has 0 saturated heterocycles. The molecule has 0 fully saturated rings. The number of methoxy groups -OCH3 is 1. The molecule has 0 aliphatic heterocycles. The third kappa shape index (κ3) is 4.16. The minimum atomic E-state index is 0.753. The Morgan fingerprint density at radius 2 is 2.44 bits per heavy atom. The summed E-state index contributed by atoms with van der Waals surface area (Å²) in [4.78, 5) is 4.10. The first kappa shape index (κ1) is 12.9. The van der Waals surface area contributed by atoms with Crippen LogP contribution in [-0.2, 0) is 11.8 Å². The lowest BCUT2D eigenvalue weighted by atomic mass is 10.1. The van der Waals surface area contributed by atoms with E-state index in [0.29, 0.717) is 0 Å². The zero-order chi connectivity index (χ0) is 11.8. The zero-order valence-electron chi connectivity index (χ0n) is 10.4. The molecule has 0 radical (unpaired) electrons. The SMILES string of the molecule is CCC(=Cc1cncn1C)CNCCOC. The van der Waals surface area contributed by atoms with Crippen LogP contribution in [0.15, 0.2) is 18.1 Å². The van der Waals surface area contributed by atoms with Gasteiger partial charge in [-0.15, -0.1) is 0 Å². The van der Waals surface area contributed by atoms with E-state index in [2.05, 4.69) is 23.3 Å². The van der Waals surface area contributed by atoms with E-state index >= 15 is 0 Å². The summed E-state index contributed by atoms with van der Waals surface area (Å²) in [6.07, 6.45) is 6.93. The molecular formula is C12H21N3O. The Labute approximate surface area is 97.3 Å². The smallest absolute Gasteiger partial charge is 0.0948 e. The standard InChI is InChI=1S/C12H21N3O/c1-4-11(8-13-5-6-16-3)7-12-9-14-10-15(12)2/h7,9-10,13H,4-6,8H2,1-3H3. The van der Waals surface area contributed by atoms with Crippen molar-refractivity contribution in [2.75, 3.05) is 26.8 Å². The summed E-state index contributed by atoms with van der Waals surface area (Å²) in [5.74, 6) is 0. The molecule has 0 aromatic carbocycles. The predicted molar refractivity (Wildman–Crippen MR) is 66.2 cm³/mol. The van der Waals surface area contributed by atoms with Gasteiger partial charge in [-0.3, -0.25) is 0 Å². The highest BCUT2D eigenvalue weighted by atomic mass is 16.5. The predicted octanol–water partition coefficient (Wildman–Crippen LogP) is 1.45. The number of hydrogen-bond acceptors (Lipinski definition) is 3. The van der Waals surface area contributed by atoms with Gasteiger partial charge in [-0.1, -0.05) is 12.5 Å². The molecule has 1 aromatic rings. The average Bonchev–Trinajstić information content (AvgIpc) is 2.68. The Morgan fingerprint density at radius 3 is 3.00 bits per heavy atom. The fourth-order valence-corrected chi connectivity index (χ4v) is 1.42. The van der Waals surface area contributed by atoms with Gasteiger partial charge in [0.25, 0.3) is 0 Å². The van der Waals surface area contributed by atoms with Crippen molar-refractivity contribution in [2.45, 2.75) is 13.3 Å². The van der Waals surface area contributed by atoms with Gasteiger partial charge >= 0.3 is 0 Å². The lowest BCUT2D eigenvalue weighted by Gasteiger charge is -2.07. The summed E-state index contributed by atoms with van der Waals surface area (Å²) in [5.41, 5.74) is 2.52. The Kier molecular flexibility index (Phi) is 5.82. The number of ether oxygens (including phenoxy) is 1. The molecule has 1 N–H and O–H groups in total. The van der Waals surface area contributed by atoms with Crippen LogP contribution in [0.25, 0.3) is 6.08 Å². The van der Waals surface area contributed by atoms with Crippen LogP contribution in [-0.4, -0.2) is 36.4 Å². The molecule has 1 rings (SSSR count). The second-order valence-corrected chi connectivity index (χ2v) is 3.76. The molecule has 0 unspecified atom stereocenters. The molecule has 1 heterocycles. The van der Waals surface area contributed by atoms with Gasteiger partial charge in [0, 0.05) is 27.2 Å². The van der Waals surface area contributed by atoms with Crippen molar-refractivity contribution in [3.8, 4) is 0 Å². The molecule has 0 atom stereocenters. The highest BCUT2D eigenvalue weighted by Crippen LogP contribution is 2.07. The molecule has 16 heavy (non-hydrogen) atoms. The van der Waals surface area contributed by atoms with Crippen LogP contribution in [0.3, 0.4) is 0 Å². The number of rotatable bonds is 7. The summed E-state index contributed by atoms with van der Waals surface area (Å²) in [5, 5.41) is 3.35. The molecule has 0 bridgehead atoms. The van der Waals surface area contributed by atoms with E-state index < -0.39 is 0 Å². The van der Waals surface area contributed by atoms with Gasteiger partial charge in [0.2, 0.25) is 0 Å². The topological polar surface area (TPSA) is 39.1 Å². The quantitative estimate of drug-likeness (QED) is 0.711. The number of aromatic nitrogens is 2. The van der Waals surface area contributed by atoms with Crippen molar-refractivity contribution in [1.29, 1.82) is 0 Å². The number of hydrogen-bond donors (Lipinski definition) is 1. The Balaban J connectivity index is 2.47. The van der Waals surface area contributed by atoms with Crippen molar-refractivity contribution < 1.29 is 4.74 Å². The number of nitrogens with one attached hydrogen (secondary N) is 1. The third-order valence-corrected chi connectivity index (χ3v) is 2.50.